The molecule has 2 amide bonds. The number of amides is 2. The normalized spacial score (nSPS) is 36.1. The highest BCUT2D eigenvalue weighted by atomic mass is 16.6. The van der Waals surface area contributed by atoms with Crippen molar-refractivity contribution >= 4 is 23.2 Å². The second kappa shape index (κ2) is 5.34. The lowest BCUT2D eigenvalue weighted by atomic mass is 9.76. The van der Waals surface area contributed by atoms with Crippen molar-refractivity contribution in [1.82, 2.24) is 4.90 Å². The molecule has 6 atom stereocenters. The zero-order valence-electron chi connectivity index (χ0n) is 14.9. The van der Waals surface area contributed by atoms with Gasteiger partial charge in [0.1, 0.15) is 5.69 Å². The zero-order chi connectivity index (χ0) is 19.0. The van der Waals surface area contributed by atoms with E-state index in [2.05, 4.69) is 10.3 Å². The summed E-state index contributed by atoms with van der Waals surface area (Å²) in [5, 5.41) is 21.6. The first-order valence-electron chi connectivity index (χ1n) is 9.22. The molecule has 3 fully saturated rings. The summed E-state index contributed by atoms with van der Waals surface area (Å²) in [4.78, 5) is 38.2. The van der Waals surface area contributed by atoms with Gasteiger partial charge in [0.25, 0.3) is 5.69 Å². The number of nitro benzene ring substituents is 1. The van der Waals surface area contributed by atoms with Gasteiger partial charge in [-0.05, 0) is 38.2 Å². The van der Waals surface area contributed by atoms with E-state index >= 15 is 0 Å². The van der Waals surface area contributed by atoms with Gasteiger partial charge in [-0.25, -0.2) is 5.01 Å². The Morgan fingerprint density at radius 2 is 1.81 bits per heavy atom. The second-order valence-electron chi connectivity index (χ2n) is 8.03. The third kappa shape index (κ3) is 1.94. The van der Waals surface area contributed by atoms with Crippen molar-refractivity contribution in [2.45, 2.75) is 38.4 Å². The third-order valence-electron chi connectivity index (χ3n) is 6.53. The van der Waals surface area contributed by atoms with Gasteiger partial charge < -0.3 is 0 Å². The number of fused-ring (bicyclic) bond motifs is 8. The quantitative estimate of drug-likeness (QED) is 0.461. The van der Waals surface area contributed by atoms with Crippen LogP contribution < -0.4 is 5.01 Å². The number of carbonyl (C=O) groups is 2. The average molecular weight is 369 g/mol. The number of benzene rings is 1. The van der Waals surface area contributed by atoms with Gasteiger partial charge >= 0.3 is 0 Å². The Kier molecular flexibility index (Phi) is 3.23. The van der Waals surface area contributed by atoms with Crippen molar-refractivity contribution in [3.05, 3.63) is 34.4 Å². The van der Waals surface area contributed by atoms with Crippen LogP contribution in [0.5, 0.6) is 0 Å². The van der Waals surface area contributed by atoms with E-state index in [1.807, 2.05) is 13.8 Å². The fraction of sp³-hybridized carbons (Fsp3) is 0.556. The molecule has 0 radical (unpaired) electrons. The third-order valence-corrected chi connectivity index (χ3v) is 6.53. The maximum Gasteiger partial charge on any atom is 0.294 e. The summed E-state index contributed by atoms with van der Waals surface area (Å²) in [7, 11) is 0. The molecule has 2 aliphatic heterocycles. The lowest BCUT2D eigenvalue weighted by molar-refractivity contribution is -0.384. The number of hydrogen-bond acceptors (Lipinski definition) is 7. The van der Waals surface area contributed by atoms with E-state index in [4.69, 9.17) is 0 Å². The molecule has 5 rings (SSSR count). The van der Waals surface area contributed by atoms with Gasteiger partial charge in [0.05, 0.1) is 28.8 Å². The number of imide groups is 1. The van der Waals surface area contributed by atoms with Crippen LogP contribution in [0.1, 0.15) is 20.3 Å². The van der Waals surface area contributed by atoms with Crippen LogP contribution in [-0.2, 0) is 9.59 Å². The van der Waals surface area contributed by atoms with Gasteiger partial charge in [-0.2, -0.15) is 5.11 Å². The Labute approximate surface area is 155 Å². The average Bonchev–Trinajstić information content (AvgIpc) is 3.34. The highest BCUT2D eigenvalue weighted by molar-refractivity contribution is 6.06. The molecule has 0 aromatic heterocycles. The Bertz CT molecular complexity index is 899. The van der Waals surface area contributed by atoms with Gasteiger partial charge in [-0.1, -0.05) is 17.4 Å². The SMILES string of the molecule is CC(C)N1C(=O)C2C3CC(C2C1=O)C1C3N=NN1c1ccccc1[N+](=O)[O-]. The van der Waals surface area contributed by atoms with Crippen LogP contribution in [0.3, 0.4) is 0 Å². The summed E-state index contributed by atoms with van der Waals surface area (Å²) < 4.78 is 0. The van der Waals surface area contributed by atoms with Crippen LogP contribution in [-0.4, -0.2) is 39.8 Å². The summed E-state index contributed by atoms with van der Waals surface area (Å²) in [6.45, 7) is 3.69. The number of anilines is 1. The summed E-state index contributed by atoms with van der Waals surface area (Å²) in [5.74, 6) is -0.983. The monoisotopic (exact) mass is 369 g/mol. The second-order valence-corrected chi connectivity index (χ2v) is 8.03. The van der Waals surface area contributed by atoms with Crippen molar-refractivity contribution < 1.29 is 14.5 Å². The van der Waals surface area contributed by atoms with E-state index in [-0.39, 0.29) is 59.3 Å². The lowest BCUT2D eigenvalue weighted by Crippen LogP contribution is -2.47. The van der Waals surface area contributed by atoms with Crippen LogP contribution in [0, 0.1) is 33.8 Å². The summed E-state index contributed by atoms with van der Waals surface area (Å²) in [5.41, 5.74) is 0.356. The molecule has 2 bridgehead atoms. The van der Waals surface area contributed by atoms with E-state index < -0.39 is 4.92 Å². The molecule has 6 unspecified atom stereocenters. The van der Waals surface area contributed by atoms with E-state index in [1.165, 1.54) is 11.0 Å². The lowest BCUT2D eigenvalue weighted by Gasteiger charge is -2.33. The first-order chi connectivity index (χ1) is 12.9. The van der Waals surface area contributed by atoms with Gasteiger partial charge in [0.2, 0.25) is 11.8 Å². The number of nitrogens with zero attached hydrogens (tertiary/aromatic N) is 5. The molecule has 0 N–H and O–H groups in total. The van der Waals surface area contributed by atoms with E-state index in [0.29, 0.717) is 5.69 Å². The highest BCUT2D eigenvalue weighted by Crippen LogP contribution is 2.60. The molecule has 2 aliphatic carbocycles. The minimum Gasteiger partial charge on any atom is -0.280 e. The van der Waals surface area contributed by atoms with Crippen LogP contribution in [0.2, 0.25) is 0 Å². The summed E-state index contributed by atoms with van der Waals surface area (Å²) in [6, 6.07) is 5.88. The molecule has 27 heavy (non-hydrogen) atoms. The predicted octanol–water partition coefficient (Wildman–Crippen LogP) is 2.18. The number of hydrogen-bond donors (Lipinski definition) is 0. The molecule has 1 aromatic carbocycles. The molecule has 2 saturated carbocycles. The van der Waals surface area contributed by atoms with E-state index in [0.717, 1.165) is 6.42 Å². The van der Waals surface area contributed by atoms with Gasteiger partial charge in [-0.3, -0.25) is 24.6 Å². The van der Waals surface area contributed by atoms with E-state index in [9.17, 15) is 19.7 Å². The Hall–Kier alpha value is -2.84. The van der Waals surface area contributed by atoms with Crippen molar-refractivity contribution in [3.63, 3.8) is 0 Å². The topological polar surface area (TPSA) is 108 Å². The predicted molar refractivity (Wildman–Crippen MR) is 93.6 cm³/mol. The Morgan fingerprint density at radius 3 is 2.48 bits per heavy atom. The molecule has 1 saturated heterocycles. The van der Waals surface area contributed by atoms with Gasteiger partial charge in [0.15, 0.2) is 0 Å². The summed E-state index contributed by atoms with van der Waals surface area (Å²) >= 11 is 0. The maximum atomic E-state index is 13.0. The molecule has 0 spiro atoms. The fourth-order valence-electron chi connectivity index (χ4n) is 5.64. The fourth-order valence-corrected chi connectivity index (χ4v) is 5.64. The molecule has 9 heteroatoms. The van der Waals surface area contributed by atoms with Crippen molar-refractivity contribution in [2.75, 3.05) is 5.01 Å². The number of para-hydroxylation sites is 2. The Morgan fingerprint density at radius 1 is 1.15 bits per heavy atom. The number of nitro groups is 1. The minimum absolute atomic E-state index is 0.0262. The first kappa shape index (κ1) is 16.3. The molecule has 1 aromatic rings. The van der Waals surface area contributed by atoms with E-state index in [1.54, 1.807) is 23.2 Å². The van der Waals surface area contributed by atoms with Crippen molar-refractivity contribution in [3.8, 4) is 0 Å². The molecular weight excluding hydrogens is 350 g/mol. The van der Waals surface area contributed by atoms with Crippen LogP contribution in [0.4, 0.5) is 11.4 Å². The molecular formula is C18H19N5O4. The highest BCUT2D eigenvalue weighted by Gasteiger charge is 2.70. The zero-order valence-corrected chi connectivity index (χ0v) is 14.9. The standard InChI is InChI=1S/C18H19N5O4/c1-8(2)21-17(24)13-9-7-10(14(13)18(21)25)16-15(9)19-20-22(16)11-5-3-4-6-12(11)23(26)27/h3-6,8-10,13-16H,7H2,1-2H3. The van der Waals surface area contributed by atoms with Gasteiger partial charge in [0, 0.05) is 12.1 Å². The maximum absolute atomic E-state index is 13.0. The van der Waals surface area contributed by atoms with Crippen molar-refractivity contribution in [1.29, 1.82) is 0 Å². The minimum atomic E-state index is -0.432. The first-order valence-corrected chi connectivity index (χ1v) is 9.22. The van der Waals surface area contributed by atoms with Crippen LogP contribution >= 0.6 is 0 Å². The molecule has 4 aliphatic rings. The van der Waals surface area contributed by atoms with Crippen LogP contribution in [0.25, 0.3) is 0 Å². The largest absolute Gasteiger partial charge is 0.294 e. The van der Waals surface area contributed by atoms with Crippen molar-refractivity contribution in [2.24, 2.45) is 34.0 Å². The molecule has 2 heterocycles. The van der Waals surface area contributed by atoms with Gasteiger partial charge in [-0.15, -0.1) is 0 Å². The Balaban J connectivity index is 1.53. The smallest absolute Gasteiger partial charge is 0.280 e. The molecule has 140 valence electrons. The number of carbonyl (C=O) groups excluding carboxylic acids is 2. The number of likely N-dealkylation sites (tertiary alicyclic amines) is 1. The number of rotatable bonds is 3. The summed E-state index contributed by atoms with van der Waals surface area (Å²) in [6.07, 6.45) is 0.740. The molecule has 9 nitrogen and oxygen atoms in total. The van der Waals surface area contributed by atoms with Crippen LogP contribution in [0.15, 0.2) is 34.6 Å².